The van der Waals surface area contributed by atoms with E-state index in [1.165, 1.54) is 37.0 Å². The van der Waals surface area contributed by atoms with Crippen molar-refractivity contribution >= 4 is 0 Å². The average molecular weight is 407 g/mol. The van der Waals surface area contributed by atoms with Crippen molar-refractivity contribution in [3.05, 3.63) is 71.5 Å². The van der Waals surface area contributed by atoms with Gasteiger partial charge in [-0.05, 0) is 75.3 Å². The zero-order valence-corrected chi connectivity index (χ0v) is 18.5. The van der Waals surface area contributed by atoms with Crippen LogP contribution in [0.15, 0.2) is 54.6 Å². The summed E-state index contributed by atoms with van der Waals surface area (Å²) in [6.07, 6.45) is 8.69. The van der Waals surface area contributed by atoms with Gasteiger partial charge in [0.05, 0.1) is 11.5 Å². The second-order valence-corrected chi connectivity index (χ2v) is 9.03. The standard InChI is InChI=1S/C27H35FN2/c1-22(30(2)20-18-23-9-5-3-6-10-23)17-19-27(21-29,24-11-7-4-8-12-24)25-13-15-26(28)16-14-25/h3,5-6,9-10,13-16,22,24H,4,7-8,11-12,17-20H2,1-2H3. The van der Waals surface area contributed by atoms with E-state index in [4.69, 9.17) is 0 Å². The predicted molar refractivity (Wildman–Crippen MR) is 122 cm³/mol. The number of benzene rings is 2. The van der Waals surface area contributed by atoms with E-state index in [0.29, 0.717) is 12.0 Å². The van der Waals surface area contributed by atoms with Gasteiger partial charge in [-0.25, -0.2) is 4.39 Å². The van der Waals surface area contributed by atoms with Gasteiger partial charge in [0.25, 0.3) is 0 Å². The first-order chi connectivity index (χ1) is 14.5. The van der Waals surface area contributed by atoms with Gasteiger partial charge < -0.3 is 4.90 Å². The van der Waals surface area contributed by atoms with Crippen molar-refractivity contribution in [3.63, 3.8) is 0 Å². The van der Waals surface area contributed by atoms with Gasteiger partial charge in [-0.15, -0.1) is 0 Å². The van der Waals surface area contributed by atoms with Crippen molar-refractivity contribution in [1.29, 1.82) is 5.26 Å². The first-order valence-corrected chi connectivity index (χ1v) is 11.5. The lowest BCUT2D eigenvalue weighted by atomic mass is 9.63. The van der Waals surface area contributed by atoms with Crippen LogP contribution in [0.25, 0.3) is 0 Å². The van der Waals surface area contributed by atoms with E-state index in [0.717, 1.165) is 44.2 Å². The zero-order chi connectivity index (χ0) is 21.4. The molecule has 2 nitrogen and oxygen atoms in total. The second-order valence-electron chi connectivity index (χ2n) is 9.03. The minimum Gasteiger partial charge on any atom is -0.303 e. The number of hydrogen-bond donors (Lipinski definition) is 0. The Bertz CT molecular complexity index is 805. The fourth-order valence-electron chi connectivity index (χ4n) is 4.97. The molecule has 0 spiro atoms. The number of nitriles is 1. The number of rotatable bonds is 9. The third-order valence-corrected chi connectivity index (χ3v) is 7.17. The quantitative estimate of drug-likeness (QED) is 0.474. The van der Waals surface area contributed by atoms with Crippen LogP contribution < -0.4 is 0 Å². The minimum absolute atomic E-state index is 0.233. The Morgan fingerprint density at radius 1 is 1.07 bits per heavy atom. The second kappa shape index (κ2) is 10.7. The van der Waals surface area contributed by atoms with Gasteiger partial charge in [0, 0.05) is 12.6 Å². The molecule has 3 rings (SSSR count). The molecule has 0 aromatic heterocycles. The Morgan fingerprint density at radius 3 is 2.37 bits per heavy atom. The molecule has 160 valence electrons. The predicted octanol–water partition coefficient (Wildman–Crippen LogP) is 6.51. The largest absolute Gasteiger partial charge is 0.303 e. The van der Waals surface area contributed by atoms with Gasteiger partial charge in [-0.1, -0.05) is 61.7 Å². The third kappa shape index (κ3) is 5.49. The molecule has 0 bridgehead atoms. The summed E-state index contributed by atoms with van der Waals surface area (Å²) >= 11 is 0. The first-order valence-electron chi connectivity index (χ1n) is 11.5. The summed E-state index contributed by atoms with van der Waals surface area (Å²) < 4.78 is 13.6. The molecular weight excluding hydrogens is 371 g/mol. The molecule has 0 heterocycles. The van der Waals surface area contributed by atoms with Gasteiger partial charge in [0.1, 0.15) is 5.82 Å². The van der Waals surface area contributed by atoms with Crippen LogP contribution in [0.3, 0.4) is 0 Å². The van der Waals surface area contributed by atoms with Crippen molar-refractivity contribution in [2.75, 3.05) is 13.6 Å². The number of halogens is 1. The van der Waals surface area contributed by atoms with Crippen molar-refractivity contribution < 1.29 is 4.39 Å². The van der Waals surface area contributed by atoms with Crippen LogP contribution in [-0.2, 0) is 11.8 Å². The maximum absolute atomic E-state index is 13.6. The maximum atomic E-state index is 13.6. The molecule has 2 atom stereocenters. The smallest absolute Gasteiger partial charge is 0.123 e. The highest BCUT2D eigenvalue weighted by molar-refractivity contribution is 5.34. The molecule has 0 aliphatic heterocycles. The number of nitrogens with zero attached hydrogens (tertiary/aromatic N) is 2. The first kappa shape index (κ1) is 22.5. The highest BCUT2D eigenvalue weighted by Crippen LogP contribution is 2.44. The van der Waals surface area contributed by atoms with E-state index in [9.17, 15) is 9.65 Å². The molecule has 3 heteroatoms. The number of hydrogen-bond acceptors (Lipinski definition) is 2. The molecule has 0 saturated heterocycles. The molecule has 30 heavy (non-hydrogen) atoms. The van der Waals surface area contributed by atoms with E-state index in [1.807, 2.05) is 12.1 Å². The van der Waals surface area contributed by atoms with Crippen LogP contribution >= 0.6 is 0 Å². The fourth-order valence-corrected chi connectivity index (χ4v) is 4.97. The Kier molecular flexibility index (Phi) is 8.05. The lowest BCUT2D eigenvalue weighted by Crippen LogP contribution is -2.38. The molecule has 2 aromatic rings. The van der Waals surface area contributed by atoms with Crippen molar-refractivity contribution in [1.82, 2.24) is 4.90 Å². The maximum Gasteiger partial charge on any atom is 0.123 e. The normalized spacial score (nSPS) is 18.0. The topological polar surface area (TPSA) is 27.0 Å². The van der Waals surface area contributed by atoms with Crippen LogP contribution in [-0.4, -0.2) is 24.5 Å². The zero-order valence-electron chi connectivity index (χ0n) is 18.5. The van der Waals surface area contributed by atoms with E-state index < -0.39 is 5.41 Å². The Balaban J connectivity index is 1.69. The van der Waals surface area contributed by atoms with Crippen molar-refractivity contribution in [2.24, 2.45) is 5.92 Å². The lowest BCUT2D eigenvalue weighted by molar-refractivity contribution is 0.197. The van der Waals surface area contributed by atoms with Gasteiger partial charge in [0.15, 0.2) is 0 Å². The highest BCUT2D eigenvalue weighted by atomic mass is 19.1. The van der Waals surface area contributed by atoms with E-state index in [2.05, 4.69) is 55.3 Å². The molecule has 1 aliphatic carbocycles. The highest BCUT2D eigenvalue weighted by Gasteiger charge is 2.41. The summed E-state index contributed by atoms with van der Waals surface area (Å²) in [6.45, 7) is 3.27. The van der Waals surface area contributed by atoms with Crippen LogP contribution in [0.4, 0.5) is 4.39 Å². The summed E-state index contributed by atoms with van der Waals surface area (Å²) in [4.78, 5) is 2.40. The molecule has 2 unspecified atom stereocenters. The molecule has 0 radical (unpaired) electrons. The van der Waals surface area contributed by atoms with Gasteiger partial charge in [0.2, 0.25) is 0 Å². The van der Waals surface area contributed by atoms with Gasteiger partial charge in [-0.2, -0.15) is 5.26 Å². The lowest BCUT2D eigenvalue weighted by Gasteiger charge is -2.39. The van der Waals surface area contributed by atoms with E-state index >= 15 is 0 Å². The summed E-state index contributed by atoms with van der Waals surface area (Å²) in [5.74, 6) is 0.131. The summed E-state index contributed by atoms with van der Waals surface area (Å²) in [6, 6.07) is 20.4. The minimum atomic E-state index is -0.511. The third-order valence-electron chi connectivity index (χ3n) is 7.17. The molecule has 0 N–H and O–H groups in total. The van der Waals surface area contributed by atoms with Crippen LogP contribution in [0.5, 0.6) is 0 Å². The summed E-state index contributed by atoms with van der Waals surface area (Å²) in [7, 11) is 2.18. The summed E-state index contributed by atoms with van der Waals surface area (Å²) in [5, 5.41) is 10.4. The van der Waals surface area contributed by atoms with Crippen LogP contribution in [0.2, 0.25) is 0 Å². The Hall–Kier alpha value is -2.18. The molecule has 2 aromatic carbocycles. The average Bonchev–Trinajstić information content (AvgIpc) is 2.80. The van der Waals surface area contributed by atoms with Crippen molar-refractivity contribution in [2.45, 2.75) is 69.7 Å². The SMILES string of the molecule is CC(CCC(C#N)(c1ccc(F)cc1)C1CCCCC1)N(C)CCc1ccccc1. The van der Waals surface area contributed by atoms with Gasteiger partial charge >= 0.3 is 0 Å². The molecule has 1 aliphatic rings. The van der Waals surface area contributed by atoms with E-state index in [1.54, 1.807) is 0 Å². The number of likely N-dealkylation sites (N-methyl/N-ethyl adjacent to an activating group) is 1. The van der Waals surface area contributed by atoms with Crippen LogP contribution in [0.1, 0.15) is 63.0 Å². The fraction of sp³-hybridized carbons (Fsp3) is 0.519. The monoisotopic (exact) mass is 406 g/mol. The molecule has 1 fully saturated rings. The molecular formula is C27H35FN2. The molecule has 0 amide bonds. The van der Waals surface area contributed by atoms with Crippen molar-refractivity contribution in [3.8, 4) is 6.07 Å². The Morgan fingerprint density at radius 2 is 1.73 bits per heavy atom. The molecule has 1 saturated carbocycles. The Labute approximate surface area is 181 Å². The van der Waals surface area contributed by atoms with Gasteiger partial charge in [-0.3, -0.25) is 0 Å². The van der Waals surface area contributed by atoms with E-state index in [-0.39, 0.29) is 5.82 Å². The van der Waals surface area contributed by atoms with Crippen LogP contribution in [0, 0.1) is 23.1 Å². The summed E-state index contributed by atoms with van der Waals surface area (Å²) in [5.41, 5.74) is 1.84.